The van der Waals surface area contributed by atoms with Gasteiger partial charge in [-0.25, -0.2) is 4.79 Å². The minimum atomic E-state index is -0.496. The van der Waals surface area contributed by atoms with Crippen LogP contribution in [0.2, 0.25) is 0 Å². The van der Waals surface area contributed by atoms with Crippen molar-refractivity contribution in [3.05, 3.63) is 29.8 Å². The first kappa shape index (κ1) is 18.7. The normalized spacial score (nSPS) is 23.7. The standard InChI is InChI=1S/C20H29N3O3/c1-20(2,3)26-19(25)23-12-6-8-15(13-23)21-17-11-10-14-7-4-5-9-16(14)22-18(17)24/h4-5,7,9,15,17,21H,6,8,10-13H2,1-3H3,(H,22,24)/t15-,17-/m1/s1. The molecule has 26 heavy (non-hydrogen) atoms. The molecule has 3 rings (SSSR count). The Labute approximate surface area is 155 Å². The molecule has 0 aliphatic carbocycles. The van der Waals surface area contributed by atoms with Gasteiger partial charge in [-0.3, -0.25) is 4.79 Å². The van der Waals surface area contributed by atoms with Crippen molar-refractivity contribution in [2.24, 2.45) is 0 Å². The number of ether oxygens (including phenoxy) is 1. The Bertz CT molecular complexity index is 669. The number of para-hydroxylation sites is 1. The van der Waals surface area contributed by atoms with E-state index in [9.17, 15) is 9.59 Å². The number of likely N-dealkylation sites (tertiary alicyclic amines) is 1. The Morgan fingerprint density at radius 2 is 2.04 bits per heavy atom. The van der Waals surface area contributed by atoms with E-state index < -0.39 is 5.60 Å². The third-order valence-corrected chi connectivity index (χ3v) is 4.80. The topological polar surface area (TPSA) is 70.7 Å². The summed E-state index contributed by atoms with van der Waals surface area (Å²) < 4.78 is 5.48. The van der Waals surface area contributed by atoms with Crippen molar-refractivity contribution in [1.29, 1.82) is 0 Å². The predicted octanol–water partition coefficient (Wildman–Crippen LogP) is 2.93. The maximum atomic E-state index is 12.6. The van der Waals surface area contributed by atoms with Gasteiger partial charge < -0.3 is 20.3 Å². The number of nitrogens with one attached hydrogen (secondary N) is 2. The Hall–Kier alpha value is -2.08. The van der Waals surface area contributed by atoms with E-state index in [1.165, 1.54) is 5.56 Å². The molecular weight excluding hydrogens is 330 g/mol. The second kappa shape index (κ2) is 7.66. The fourth-order valence-corrected chi connectivity index (χ4v) is 3.56. The van der Waals surface area contributed by atoms with E-state index in [-0.39, 0.29) is 24.1 Å². The molecule has 1 aromatic carbocycles. The monoisotopic (exact) mass is 359 g/mol. The van der Waals surface area contributed by atoms with E-state index in [0.717, 1.165) is 31.4 Å². The third-order valence-electron chi connectivity index (χ3n) is 4.80. The number of hydrogen-bond donors (Lipinski definition) is 2. The average Bonchev–Trinajstić information content (AvgIpc) is 2.73. The van der Waals surface area contributed by atoms with Crippen LogP contribution in [-0.2, 0) is 16.0 Å². The molecule has 0 unspecified atom stereocenters. The highest BCUT2D eigenvalue weighted by molar-refractivity contribution is 5.96. The molecule has 2 aliphatic heterocycles. The molecule has 2 amide bonds. The van der Waals surface area contributed by atoms with Crippen LogP contribution in [0.5, 0.6) is 0 Å². The molecule has 1 saturated heterocycles. The second-order valence-electron chi connectivity index (χ2n) is 8.17. The van der Waals surface area contributed by atoms with Crippen molar-refractivity contribution < 1.29 is 14.3 Å². The molecule has 0 spiro atoms. The van der Waals surface area contributed by atoms with Gasteiger partial charge in [-0.05, 0) is 58.1 Å². The summed E-state index contributed by atoms with van der Waals surface area (Å²) >= 11 is 0. The summed E-state index contributed by atoms with van der Waals surface area (Å²) in [5.41, 5.74) is 1.58. The van der Waals surface area contributed by atoms with E-state index >= 15 is 0 Å². The Morgan fingerprint density at radius 1 is 1.27 bits per heavy atom. The highest BCUT2D eigenvalue weighted by atomic mass is 16.6. The minimum absolute atomic E-state index is 0.00402. The number of carbonyl (C=O) groups excluding carboxylic acids is 2. The first-order valence-corrected chi connectivity index (χ1v) is 9.44. The Morgan fingerprint density at radius 3 is 2.81 bits per heavy atom. The molecule has 0 saturated carbocycles. The highest BCUT2D eigenvalue weighted by Crippen LogP contribution is 2.22. The summed E-state index contributed by atoms with van der Waals surface area (Å²) in [6.45, 7) is 6.90. The number of piperidine rings is 1. The zero-order valence-corrected chi connectivity index (χ0v) is 15.9. The molecule has 6 nitrogen and oxygen atoms in total. The van der Waals surface area contributed by atoms with Gasteiger partial charge in [-0.1, -0.05) is 18.2 Å². The lowest BCUT2D eigenvalue weighted by molar-refractivity contribution is -0.118. The van der Waals surface area contributed by atoms with Crippen LogP contribution in [0.3, 0.4) is 0 Å². The summed E-state index contributed by atoms with van der Waals surface area (Å²) in [7, 11) is 0. The highest BCUT2D eigenvalue weighted by Gasteiger charge is 2.31. The number of rotatable bonds is 2. The quantitative estimate of drug-likeness (QED) is 0.852. The summed E-state index contributed by atoms with van der Waals surface area (Å²) in [5, 5.41) is 6.49. The van der Waals surface area contributed by atoms with Crippen molar-refractivity contribution in [3.63, 3.8) is 0 Å². The SMILES string of the molecule is CC(C)(C)OC(=O)N1CCC[C@@H](N[C@@H]2CCc3ccccc3NC2=O)C1. The van der Waals surface area contributed by atoms with Crippen LogP contribution in [0.15, 0.2) is 24.3 Å². The number of fused-ring (bicyclic) bond motifs is 1. The number of hydrogen-bond acceptors (Lipinski definition) is 4. The largest absolute Gasteiger partial charge is 0.444 e. The number of nitrogens with zero attached hydrogens (tertiary/aromatic N) is 1. The first-order chi connectivity index (χ1) is 12.3. The van der Waals surface area contributed by atoms with Crippen LogP contribution in [-0.4, -0.2) is 47.7 Å². The van der Waals surface area contributed by atoms with E-state index in [0.29, 0.717) is 13.1 Å². The van der Waals surface area contributed by atoms with Gasteiger partial charge in [0.05, 0.1) is 6.04 Å². The first-order valence-electron chi connectivity index (χ1n) is 9.44. The van der Waals surface area contributed by atoms with Gasteiger partial charge >= 0.3 is 6.09 Å². The van der Waals surface area contributed by atoms with Crippen LogP contribution < -0.4 is 10.6 Å². The van der Waals surface area contributed by atoms with Crippen molar-refractivity contribution >= 4 is 17.7 Å². The van der Waals surface area contributed by atoms with Gasteiger partial charge in [0.15, 0.2) is 0 Å². The molecule has 0 bridgehead atoms. The molecule has 2 N–H and O–H groups in total. The van der Waals surface area contributed by atoms with E-state index in [4.69, 9.17) is 4.74 Å². The third kappa shape index (κ3) is 4.75. The van der Waals surface area contributed by atoms with Crippen LogP contribution in [0.4, 0.5) is 10.5 Å². The van der Waals surface area contributed by atoms with Gasteiger partial charge in [0.2, 0.25) is 5.91 Å². The molecule has 1 fully saturated rings. The maximum absolute atomic E-state index is 12.6. The molecule has 2 heterocycles. The molecular formula is C20H29N3O3. The number of aryl methyl sites for hydroxylation is 1. The molecule has 1 aromatic rings. The Kier molecular flexibility index (Phi) is 5.51. The smallest absolute Gasteiger partial charge is 0.410 e. The molecule has 142 valence electrons. The van der Waals surface area contributed by atoms with E-state index in [2.05, 4.69) is 16.7 Å². The van der Waals surface area contributed by atoms with Crippen LogP contribution in [0, 0.1) is 0 Å². The molecule has 0 aromatic heterocycles. The summed E-state index contributed by atoms with van der Waals surface area (Å²) in [6, 6.07) is 7.80. The van der Waals surface area contributed by atoms with Gasteiger partial charge in [0, 0.05) is 24.8 Å². The van der Waals surface area contributed by atoms with Crippen molar-refractivity contribution in [3.8, 4) is 0 Å². The number of anilines is 1. The molecule has 2 atom stereocenters. The minimum Gasteiger partial charge on any atom is -0.444 e. The van der Waals surface area contributed by atoms with Crippen molar-refractivity contribution in [2.75, 3.05) is 18.4 Å². The zero-order chi connectivity index (χ0) is 18.7. The summed E-state index contributed by atoms with van der Waals surface area (Å²) in [4.78, 5) is 26.6. The average molecular weight is 359 g/mol. The van der Waals surface area contributed by atoms with Gasteiger partial charge in [0.25, 0.3) is 0 Å². The van der Waals surface area contributed by atoms with Crippen molar-refractivity contribution in [2.45, 2.75) is 64.1 Å². The lowest BCUT2D eigenvalue weighted by Crippen LogP contribution is -2.54. The lowest BCUT2D eigenvalue weighted by Gasteiger charge is -2.35. The fraction of sp³-hybridized carbons (Fsp3) is 0.600. The van der Waals surface area contributed by atoms with Gasteiger partial charge in [0.1, 0.15) is 5.60 Å². The predicted molar refractivity (Wildman–Crippen MR) is 101 cm³/mol. The number of carbonyl (C=O) groups is 2. The molecule has 2 aliphatic rings. The maximum Gasteiger partial charge on any atom is 0.410 e. The fourth-order valence-electron chi connectivity index (χ4n) is 3.56. The molecule has 6 heteroatoms. The van der Waals surface area contributed by atoms with Gasteiger partial charge in [-0.2, -0.15) is 0 Å². The summed E-state index contributed by atoms with van der Waals surface area (Å²) in [5.74, 6) is 0.00402. The lowest BCUT2D eigenvalue weighted by atomic mass is 10.0. The number of benzene rings is 1. The zero-order valence-electron chi connectivity index (χ0n) is 15.9. The van der Waals surface area contributed by atoms with Crippen LogP contribution >= 0.6 is 0 Å². The van der Waals surface area contributed by atoms with Crippen molar-refractivity contribution in [1.82, 2.24) is 10.2 Å². The molecule has 0 radical (unpaired) electrons. The van der Waals surface area contributed by atoms with Gasteiger partial charge in [-0.15, -0.1) is 0 Å². The van der Waals surface area contributed by atoms with E-state index in [1.54, 1.807) is 4.90 Å². The van der Waals surface area contributed by atoms with Crippen LogP contribution in [0.25, 0.3) is 0 Å². The second-order valence-corrected chi connectivity index (χ2v) is 8.17. The summed E-state index contributed by atoms with van der Waals surface area (Å²) in [6.07, 6.45) is 3.20. The Balaban J connectivity index is 1.58. The van der Waals surface area contributed by atoms with Crippen LogP contribution in [0.1, 0.15) is 45.6 Å². The number of amides is 2. The van der Waals surface area contributed by atoms with E-state index in [1.807, 2.05) is 39.0 Å².